The van der Waals surface area contributed by atoms with Crippen LogP contribution in [0.1, 0.15) is 19.4 Å². The fourth-order valence-corrected chi connectivity index (χ4v) is 2.22. The van der Waals surface area contributed by atoms with Crippen molar-refractivity contribution in [3.63, 3.8) is 0 Å². The van der Waals surface area contributed by atoms with Gasteiger partial charge in [-0.25, -0.2) is 0 Å². The maximum atomic E-state index is 11.1. The number of hydrogen-bond acceptors (Lipinski definition) is 8. The highest BCUT2D eigenvalue weighted by Gasteiger charge is 2.19. The van der Waals surface area contributed by atoms with E-state index in [9.17, 15) is 20.2 Å². The molecule has 0 fully saturated rings. The van der Waals surface area contributed by atoms with Crippen molar-refractivity contribution in [1.82, 2.24) is 0 Å². The highest BCUT2D eigenvalue weighted by Crippen LogP contribution is 2.29. The minimum Gasteiger partial charge on any atom is -0.494 e. The topological polar surface area (TPSA) is 129 Å². The molecule has 10 nitrogen and oxygen atoms in total. The molecular weight excluding hydrogens is 356 g/mol. The number of hydrazone groups is 1. The van der Waals surface area contributed by atoms with Gasteiger partial charge in [-0.3, -0.25) is 25.7 Å². The van der Waals surface area contributed by atoms with Gasteiger partial charge in [-0.2, -0.15) is 5.10 Å². The van der Waals surface area contributed by atoms with Crippen LogP contribution < -0.4 is 14.9 Å². The van der Waals surface area contributed by atoms with Crippen molar-refractivity contribution in [1.29, 1.82) is 0 Å². The van der Waals surface area contributed by atoms with Gasteiger partial charge in [-0.15, -0.1) is 0 Å². The molecule has 0 amide bonds. The maximum absolute atomic E-state index is 11.1. The molecule has 1 N–H and O–H groups in total. The summed E-state index contributed by atoms with van der Waals surface area (Å²) in [7, 11) is 0. The summed E-state index contributed by atoms with van der Waals surface area (Å²) in [5.41, 5.74) is 2.35. The van der Waals surface area contributed by atoms with Crippen molar-refractivity contribution >= 4 is 23.3 Å². The molecule has 0 heterocycles. The Morgan fingerprint density at radius 2 is 1.78 bits per heavy atom. The number of nitrogens with one attached hydrogen (secondary N) is 1. The second-order valence-corrected chi connectivity index (χ2v) is 5.15. The first-order valence-corrected chi connectivity index (χ1v) is 8.07. The van der Waals surface area contributed by atoms with Gasteiger partial charge in [-0.1, -0.05) is 0 Å². The zero-order valence-electron chi connectivity index (χ0n) is 14.7. The Morgan fingerprint density at radius 3 is 2.41 bits per heavy atom. The zero-order valence-corrected chi connectivity index (χ0v) is 14.7. The lowest BCUT2D eigenvalue weighted by Crippen LogP contribution is -2.01. The molecule has 0 bridgehead atoms. The van der Waals surface area contributed by atoms with Crippen LogP contribution in [0.3, 0.4) is 0 Å². The molecule has 0 radical (unpaired) electrons. The molecule has 2 rings (SSSR count). The van der Waals surface area contributed by atoms with Gasteiger partial charge in [0.15, 0.2) is 0 Å². The van der Waals surface area contributed by atoms with Crippen molar-refractivity contribution in [3.8, 4) is 11.5 Å². The van der Waals surface area contributed by atoms with Gasteiger partial charge in [0, 0.05) is 11.6 Å². The Labute approximate surface area is 154 Å². The SMILES string of the molecule is CCOc1ccc(OCC)c(/C=N\Nc2ccc([N+](=O)[O-])cc2[N+](=O)[O-])c1. The van der Waals surface area contributed by atoms with Crippen molar-refractivity contribution in [2.24, 2.45) is 5.10 Å². The summed E-state index contributed by atoms with van der Waals surface area (Å²) in [6.45, 7) is 4.66. The molecule has 0 aromatic heterocycles. The number of hydrogen-bond donors (Lipinski definition) is 1. The average Bonchev–Trinajstić information content (AvgIpc) is 2.64. The number of benzene rings is 2. The molecule has 0 aliphatic carbocycles. The number of anilines is 1. The molecule has 0 saturated carbocycles. The summed E-state index contributed by atoms with van der Waals surface area (Å²) in [6.07, 6.45) is 1.43. The molecule has 0 saturated heterocycles. The Hall–Kier alpha value is -3.69. The van der Waals surface area contributed by atoms with Crippen molar-refractivity contribution in [2.45, 2.75) is 13.8 Å². The van der Waals surface area contributed by atoms with Crippen LogP contribution in [-0.4, -0.2) is 29.3 Å². The first kappa shape index (κ1) is 19.6. The Morgan fingerprint density at radius 1 is 1.04 bits per heavy atom. The first-order chi connectivity index (χ1) is 13.0. The summed E-state index contributed by atoms with van der Waals surface area (Å²) >= 11 is 0. The smallest absolute Gasteiger partial charge is 0.301 e. The Balaban J connectivity index is 2.27. The highest BCUT2D eigenvalue weighted by atomic mass is 16.6. The minimum atomic E-state index is -0.716. The van der Waals surface area contributed by atoms with E-state index in [2.05, 4.69) is 10.5 Å². The molecule has 0 spiro atoms. The standard InChI is InChI=1S/C17H18N4O6/c1-3-26-14-6-8-17(27-4-2)12(9-14)11-18-19-15-7-5-13(20(22)23)10-16(15)21(24)25/h5-11,19H,3-4H2,1-2H3/b18-11-. The molecule has 2 aromatic carbocycles. The van der Waals surface area contributed by atoms with Crippen LogP contribution in [0.5, 0.6) is 11.5 Å². The predicted molar refractivity (Wildman–Crippen MR) is 99.7 cm³/mol. The zero-order chi connectivity index (χ0) is 19.8. The molecule has 27 heavy (non-hydrogen) atoms. The molecule has 0 unspecified atom stereocenters. The third-order valence-corrected chi connectivity index (χ3v) is 3.37. The molecule has 0 aliphatic rings. The summed E-state index contributed by atoms with van der Waals surface area (Å²) in [6, 6.07) is 8.49. The van der Waals surface area contributed by atoms with Crippen LogP contribution in [0.25, 0.3) is 0 Å². The average molecular weight is 374 g/mol. The van der Waals surface area contributed by atoms with Crippen molar-refractivity contribution in [2.75, 3.05) is 18.6 Å². The van der Waals surface area contributed by atoms with Crippen molar-refractivity contribution in [3.05, 3.63) is 62.2 Å². The van der Waals surface area contributed by atoms with E-state index in [0.29, 0.717) is 30.3 Å². The molecule has 2 aromatic rings. The van der Waals surface area contributed by atoms with Gasteiger partial charge in [0.25, 0.3) is 5.69 Å². The number of nitro benzene ring substituents is 2. The van der Waals surface area contributed by atoms with E-state index in [1.54, 1.807) is 18.2 Å². The molecule has 10 heteroatoms. The predicted octanol–water partition coefficient (Wildman–Crippen LogP) is 3.75. The second-order valence-electron chi connectivity index (χ2n) is 5.15. The van der Waals surface area contributed by atoms with Gasteiger partial charge in [0.2, 0.25) is 0 Å². The number of ether oxygens (including phenoxy) is 2. The molecular formula is C17H18N4O6. The number of non-ortho nitro benzene ring substituents is 1. The van der Waals surface area contributed by atoms with Crippen LogP contribution in [0, 0.1) is 20.2 Å². The van der Waals surface area contributed by atoms with E-state index in [1.807, 2.05) is 13.8 Å². The van der Waals surface area contributed by atoms with E-state index in [4.69, 9.17) is 9.47 Å². The summed E-state index contributed by atoms with van der Waals surface area (Å²) in [5.74, 6) is 1.20. The molecule has 0 atom stereocenters. The van der Waals surface area contributed by atoms with E-state index >= 15 is 0 Å². The van der Waals surface area contributed by atoms with Crippen LogP contribution in [-0.2, 0) is 0 Å². The summed E-state index contributed by atoms with van der Waals surface area (Å²) in [5, 5.41) is 25.9. The van der Waals surface area contributed by atoms with E-state index < -0.39 is 15.5 Å². The van der Waals surface area contributed by atoms with E-state index in [0.717, 1.165) is 12.1 Å². The van der Waals surface area contributed by atoms with E-state index in [-0.39, 0.29) is 11.4 Å². The highest BCUT2D eigenvalue weighted by molar-refractivity contribution is 5.85. The van der Waals surface area contributed by atoms with E-state index in [1.165, 1.54) is 12.3 Å². The van der Waals surface area contributed by atoms with Gasteiger partial charge in [-0.05, 0) is 38.1 Å². The lowest BCUT2D eigenvalue weighted by Gasteiger charge is -2.09. The normalized spacial score (nSPS) is 10.6. The van der Waals surface area contributed by atoms with Gasteiger partial charge in [0.1, 0.15) is 17.2 Å². The van der Waals surface area contributed by atoms with Crippen molar-refractivity contribution < 1.29 is 19.3 Å². The lowest BCUT2D eigenvalue weighted by atomic mass is 10.2. The van der Waals surface area contributed by atoms with Gasteiger partial charge >= 0.3 is 5.69 Å². The lowest BCUT2D eigenvalue weighted by molar-refractivity contribution is -0.393. The maximum Gasteiger partial charge on any atom is 0.301 e. The number of rotatable bonds is 9. The second kappa shape index (κ2) is 9.13. The molecule has 0 aliphatic heterocycles. The van der Waals surface area contributed by atoms with Crippen LogP contribution in [0.2, 0.25) is 0 Å². The quantitative estimate of drug-likeness (QED) is 0.402. The number of nitrogens with zero attached hydrogens (tertiary/aromatic N) is 3. The monoisotopic (exact) mass is 374 g/mol. The van der Waals surface area contributed by atoms with Gasteiger partial charge in [0.05, 0.1) is 35.3 Å². The van der Waals surface area contributed by atoms with Crippen LogP contribution in [0.15, 0.2) is 41.5 Å². The van der Waals surface area contributed by atoms with Gasteiger partial charge < -0.3 is 9.47 Å². The van der Waals surface area contributed by atoms with Crippen LogP contribution in [0.4, 0.5) is 17.1 Å². The third-order valence-electron chi connectivity index (χ3n) is 3.37. The summed E-state index contributed by atoms with van der Waals surface area (Å²) < 4.78 is 11.0. The van der Waals surface area contributed by atoms with Crippen LogP contribution >= 0.6 is 0 Å². The minimum absolute atomic E-state index is 0.0285. The largest absolute Gasteiger partial charge is 0.494 e. The fourth-order valence-electron chi connectivity index (χ4n) is 2.22. The Bertz CT molecular complexity index is 868. The number of nitro groups is 2. The fraction of sp³-hybridized carbons (Fsp3) is 0.235. The third kappa shape index (κ3) is 5.14. The first-order valence-electron chi connectivity index (χ1n) is 8.07. The Kier molecular flexibility index (Phi) is 6.64. The molecule has 142 valence electrons. The summed E-state index contributed by atoms with van der Waals surface area (Å²) in [4.78, 5) is 20.5.